The minimum atomic E-state index is -0.516. The maximum atomic E-state index is 12.4. The number of hydrogen-bond donors (Lipinski definition) is 1. The lowest BCUT2D eigenvalue weighted by Crippen LogP contribution is -2.29. The smallest absolute Gasteiger partial charge is 0.263 e. The molecule has 4 rings (SSSR count). The van der Waals surface area contributed by atoms with Gasteiger partial charge in [0.15, 0.2) is 5.82 Å². The summed E-state index contributed by atoms with van der Waals surface area (Å²) in [5, 5.41) is 11.1. The fraction of sp³-hybridized carbons (Fsp3) is 0.625. The molecule has 2 fully saturated rings. The number of anilines is 1. The highest BCUT2D eigenvalue weighted by molar-refractivity contribution is 5.96. The van der Waals surface area contributed by atoms with E-state index in [1.165, 1.54) is 12.8 Å². The van der Waals surface area contributed by atoms with Gasteiger partial charge in [0, 0.05) is 13.0 Å². The molecule has 8 heteroatoms. The van der Waals surface area contributed by atoms with E-state index in [1.807, 2.05) is 0 Å². The van der Waals surface area contributed by atoms with Crippen molar-refractivity contribution in [2.45, 2.75) is 44.6 Å². The van der Waals surface area contributed by atoms with E-state index >= 15 is 0 Å². The number of amides is 1. The predicted molar refractivity (Wildman–Crippen MR) is 85.2 cm³/mol. The Morgan fingerprint density at radius 3 is 2.96 bits per heavy atom. The molecule has 2 aliphatic carbocycles. The van der Waals surface area contributed by atoms with Gasteiger partial charge in [0.1, 0.15) is 17.5 Å². The van der Waals surface area contributed by atoms with Gasteiger partial charge < -0.3 is 14.6 Å². The molecule has 0 bridgehead atoms. The van der Waals surface area contributed by atoms with Crippen LogP contribution < -0.4 is 5.32 Å². The number of hydrogen-bond acceptors (Lipinski definition) is 6. The fourth-order valence-electron chi connectivity index (χ4n) is 2.45. The number of carbonyl (C=O) groups excluding carboxylic acids is 1. The molecule has 1 N–H and O–H groups in total. The Morgan fingerprint density at radius 1 is 1.46 bits per heavy atom. The van der Waals surface area contributed by atoms with E-state index in [9.17, 15) is 4.79 Å². The molecule has 0 spiro atoms. The number of ether oxygens (including phenoxy) is 1. The first-order valence-electron chi connectivity index (χ1n) is 8.40. The van der Waals surface area contributed by atoms with Gasteiger partial charge in [-0.25, -0.2) is 0 Å². The lowest BCUT2D eigenvalue weighted by Gasteiger charge is -2.13. The van der Waals surface area contributed by atoms with Crippen molar-refractivity contribution in [1.29, 1.82) is 0 Å². The van der Waals surface area contributed by atoms with Crippen molar-refractivity contribution < 1.29 is 14.1 Å². The van der Waals surface area contributed by atoms with Gasteiger partial charge >= 0.3 is 0 Å². The first kappa shape index (κ1) is 15.3. The first-order valence-corrected chi connectivity index (χ1v) is 8.40. The van der Waals surface area contributed by atoms with Crippen molar-refractivity contribution in [3.63, 3.8) is 0 Å². The van der Waals surface area contributed by atoms with Crippen LogP contribution in [-0.4, -0.2) is 38.5 Å². The van der Waals surface area contributed by atoms with Crippen LogP contribution in [0.25, 0.3) is 11.5 Å². The Kier molecular flexibility index (Phi) is 3.84. The molecule has 0 saturated heterocycles. The van der Waals surface area contributed by atoms with E-state index < -0.39 is 6.10 Å². The van der Waals surface area contributed by atoms with Crippen molar-refractivity contribution >= 4 is 11.7 Å². The highest BCUT2D eigenvalue weighted by atomic mass is 16.5. The Hall–Kier alpha value is -2.22. The summed E-state index contributed by atoms with van der Waals surface area (Å²) < 4.78 is 12.5. The first-order chi connectivity index (χ1) is 11.6. The molecule has 2 heterocycles. The number of nitrogens with one attached hydrogen (secondary N) is 1. The number of aromatic nitrogens is 4. The minimum Gasteiger partial charge on any atom is -0.368 e. The summed E-state index contributed by atoms with van der Waals surface area (Å²) in [6, 6.07) is 0. The monoisotopic (exact) mass is 331 g/mol. The highest BCUT2D eigenvalue weighted by Gasteiger charge is 2.30. The summed E-state index contributed by atoms with van der Waals surface area (Å²) in [6.45, 7) is 2.40. The molecular formula is C16H21N5O3. The van der Waals surface area contributed by atoms with Crippen molar-refractivity contribution in [3.05, 3.63) is 12.0 Å². The summed E-state index contributed by atoms with van der Waals surface area (Å²) in [5.74, 6) is 2.47. The van der Waals surface area contributed by atoms with Crippen LogP contribution in [0.5, 0.6) is 0 Å². The molecular weight excluding hydrogens is 310 g/mol. The molecule has 2 saturated carbocycles. The van der Waals surface area contributed by atoms with E-state index in [0.717, 1.165) is 18.7 Å². The molecule has 1 atom stereocenters. The molecule has 2 aromatic heterocycles. The van der Waals surface area contributed by atoms with E-state index in [1.54, 1.807) is 24.9 Å². The molecule has 0 aromatic carbocycles. The van der Waals surface area contributed by atoms with Crippen LogP contribution in [0.3, 0.4) is 0 Å². The van der Waals surface area contributed by atoms with Crippen LogP contribution >= 0.6 is 0 Å². The quantitative estimate of drug-likeness (QED) is 0.835. The Labute approximate surface area is 139 Å². The van der Waals surface area contributed by atoms with Gasteiger partial charge in [-0.2, -0.15) is 10.1 Å². The van der Waals surface area contributed by atoms with Crippen molar-refractivity contribution in [2.75, 3.05) is 11.9 Å². The Balaban J connectivity index is 1.47. The average Bonchev–Trinajstić information content (AvgIpc) is 3.50. The fourth-order valence-corrected chi connectivity index (χ4v) is 2.45. The molecule has 0 aliphatic heterocycles. The molecule has 24 heavy (non-hydrogen) atoms. The van der Waals surface area contributed by atoms with Gasteiger partial charge in [-0.05, 0) is 38.5 Å². The highest BCUT2D eigenvalue weighted by Crippen LogP contribution is 2.39. The van der Waals surface area contributed by atoms with Crippen LogP contribution in [0.1, 0.15) is 44.3 Å². The summed E-state index contributed by atoms with van der Waals surface area (Å²) in [6.07, 6.45) is 5.70. The van der Waals surface area contributed by atoms with E-state index in [2.05, 4.69) is 20.6 Å². The standard InChI is InChI=1S/C16H21N5O3/c1-9(23-8-10-3-4-10)15(22)19-14-12(7-17-21(14)2)16-18-13(20-24-16)11-5-6-11/h7,9-11H,3-6,8H2,1-2H3,(H,19,22)/t9-/m1/s1. The normalized spacial score (nSPS) is 18.6. The molecule has 2 aromatic rings. The molecule has 128 valence electrons. The lowest BCUT2D eigenvalue weighted by atomic mass is 10.3. The van der Waals surface area contributed by atoms with E-state index in [4.69, 9.17) is 9.26 Å². The number of nitrogens with zero attached hydrogens (tertiary/aromatic N) is 4. The van der Waals surface area contributed by atoms with Gasteiger partial charge in [0.25, 0.3) is 11.8 Å². The Morgan fingerprint density at radius 2 is 2.25 bits per heavy atom. The summed E-state index contributed by atoms with van der Waals surface area (Å²) in [4.78, 5) is 16.8. The second kappa shape index (κ2) is 6.01. The van der Waals surface area contributed by atoms with Crippen LogP contribution in [0.2, 0.25) is 0 Å². The summed E-state index contributed by atoms with van der Waals surface area (Å²) in [7, 11) is 1.76. The number of aryl methyl sites for hydroxylation is 1. The maximum absolute atomic E-state index is 12.4. The molecule has 8 nitrogen and oxygen atoms in total. The van der Waals surface area contributed by atoms with E-state index in [0.29, 0.717) is 35.7 Å². The van der Waals surface area contributed by atoms with Crippen molar-refractivity contribution in [2.24, 2.45) is 13.0 Å². The lowest BCUT2D eigenvalue weighted by molar-refractivity contribution is -0.126. The van der Waals surface area contributed by atoms with Gasteiger partial charge in [0.2, 0.25) is 0 Å². The minimum absolute atomic E-state index is 0.206. The third-order valence-corrected chi connectivity index (χ3v) is 4.44. The third kappa shape index (κ3) is 3.19. The average molecular weight is 331 g/mol. The van der Waals surface area contributed by atoms with Gasteiger partial charge in [-0.3, -0.25) is 9.48 Å². The summed E-state index contributed by atoms with van der Waals surface area (Å²) >= 11 is 0. The molecule has 1 amide bonds. The molecule has 0 radical (unpaired) electrons. The second-order valence-corrected chi connectivity index (χ2v) is 6.67. The van der Waals surface area contributed by atoms with Crippen LogP contribution in [0, 0.1) is 5.92 Å². The van der Waals surface area contributed by atoms with Crippen molar-refractivity contribution in [1.82, 2.24) is 19.9 Å². The Bertz CT molecular complexity index is 745. The van der Waals surface area contributed by atoms with E-state index in [-0.39, 0.29) is 5.91 Å². The number of carbonyl (C=O) groups is 1. The van der Waals surface area contributed by atoms with Crippen LogP contribution in [-0.2, 0) is 16.6 Å². The van der Waals surface area contributed by atoms with Crippen LogP contribution in [0.4, 0.5) is 5.82 Å². The largest absolute Gasteiger partial charge is 0.368 e. The predicted octanol–water partition coefficient (Wildman–Crippen LogP) is 2.10. The van der Waals surface area contributed by atoms with Gasteiger partial charge in [0.05, 0.1) is 12.8 Å². The second-order valence-electron chi connectivity index (χ2n) is 6.67. The zero-order valence-corrected chi connectivity index (χ0v) is 13.9. The third-order valence-electron chi connectivity index (χ3n) is 4.44. The van der Waals surface area contributed by atoms with Gasteiger partial charge in [-0.1, -0.05) is 5.16 Å². The van der Waals surface area contributed by atoms with Crippen molar-refractivity contribution in [3.8, 4) is 11.5 Å². The zero-order valence-electron chi connectivity index (χ0n) is 13.9. The molecule has 2 aliphatic rings. The van der Waals surface area contributed by atoms with Crippen LogP contribution in [0.15, 0.2) is 10.7 Å². The zero-order chi connectivity index (χ0) is 16.7. The summed E-state index contributed by atoms with van der Waals surface area (Å²) in [5.41, 5.74) is 0.625. The SMILES string of the molecule is C[C@@H](OCC1CC1)C(=O)Nc1c(-c2nc(C3CC3)no2)cnn1C. The topological polar surface area (TPSA) is 95.1 Å². The van der Waals surface area contributed by atoms with Gasteiger partial charge in [-0.15, -0.1) is 0 Å². The maximum Gasteiger partial charge on any atom is 0.263 e. The molecule has 0 unspecified atom stereocenters. The number of rotatable bonds is 7.